The number of nitrogens with one attached hydrogen (secondary N) is 1. The molecule has 0 aromatic heterocycles. The molecule has 2 aromatic carbocycles. The molecule has 0 atom stereocenters. The lowest BCUT2D eigenvalue weighted by molar-refractivity contribution is 0.370. The summed E-state index contributed by atoms with van der Waals surface area (Å²) < 4.78 is 50.4. The van der Waals surface area contributed by atoms with E-state index in [2.05, 4.69) is 10.3 Å². The number of primary sulfonamides is 1. The molecule has 0 bridgehead atoms. The Morgan fingerprint density at radius 2 is 1.83 bits per heavy atom. The number of guanidine groups is 1. The van der Waals surface area contributed by atoms with Crippen molar-refractivity contribution in [3.8, 4) is 0 Å². The summed E-state index contributed by atoms with van der Waals surface area (Å²) in [5, 5.41) is 8.37. The van der Waals surface area contributed by atoms with Gasteiger partial charge in [0.1, 0.15) is 11.6 Å². The first-order valence-electron chi connectivity index (χ1n) is 9.05. The number of hydrogen-bond donors (Lipinski definition) is 2. The molecule has 3 rings (SSSR count). The molecular formula is C19H24F2IN5O2S. The average molecular weight is 551 g/mol. The van der Waals surface area contributed by atoms with Crippen LogP contribution in [-0.4, -0.2) is 52.5 Å². The summed E-state index contributed by atoms with van der Waals surface area (Å²) in [5.74, 6) is -0.273. The summed E-state index contributed by atoms with van der Waals surface area (Å²) in [4.78, 5) is 8.13. The molecule has 0 amide bonds. The van der Waals surface area contributed by atoms with Crippen LogP contribution in [0.15, 0.2) is 52.4 Å². The molecule has 7 nitrogen and oxygen atoms in total. The highest BCUT2D eigenvalue weighted by atomic mass is 127. The highest BCUT2D eigenvalue weighted by Gasteiger charge is 2.22. The van der Waals surface area contributed by atoms with Gasteiger partial charge in [0, 0.05) is 45.8 Å². The fourth-order valence-corrected chi connectivity index (χ4v) is 3.82. The second-order valence-corrected chi connectivity index (χ2v) is 8.22. The van der Waals surface area contributed by atoms with Gasteiger partial charge >= 0.3 is 0 Å². The van der Waals surface area contributed by atoms with Gasteiger partial charge in [-0.1, -0.05) is 12.1 Å². The predicted molar refractivity (Wildman–Crippen MR) is 124 cm³/mol. The van der Waals surface area contributed by atoms with Crippen LogP contribution in [0.3, 0.4) is 0 Å². The molecule has 30 heavy (non-hydrogen) atoms. The van der Waals surface area contributed by atoms with Gasteiger partial charge in [0.2, 0.25) is 10.0 Å². The van der Waals surface area contributed by atoms with Crippen LogP contribution in [0.1, 0.15) is 5.56 Å². The highest BCUT2D eigenvalue weighted by molar-refractivity contribution is 14.0. The lowest BCUT2D eigenvalue weighted by Crippen LogP contribution is -2.52. The van der Waals surface area contributed by atoms with Crippen molar-refractivity contribution in [2.45, 2.75) is 11.4 Å². The third-order valence-electron chi connectivity index (χ3n) is 4.72. The van der Waals surface area contributed by atoms with E-state index in [0.29, 0.717) is 38.7 Å². The van der Waals surface area contributed by atoms with Gasteiger partial charge in [-0.2, -0.15) is 0 Å². The normalized spacial score (nSPS) is 15.0. The predicted octanol–water partition coefficient (Wildman–Crippen LogP) is 2.13. The summed E-state index contributed by atoms with van der Waals surface area (Å²) in [6.45, 7) is 2.55. The maximum atomic E-state index is 14.0. The Morgan fingerprint density at radius 3 is 2.47 bits per heavy atom. The smallest absolute Gasteiger partial charge is 0.238 e. The van der Waals surface area contributed by atoms with Crippen molar-refractivity contribution in [3.63, 3.8) is 0 Å². The number of piperazine rings is 1. The second kappa shape index (κ2) is 10.4. The van der Waals surface area contributed by atoms with E-state index in [1.807, 2.05) is 4.90 Å². The zero-order valence-corrected chi connectivity index (χ0v) is 19.5. The third-order valence-corrected chi connectivity index (χ3v) is 5.63. The zero-order chi connectivity index (χ0) is 21.0. The summed E-state index contributed by atoms with van der Waals surface area (Å²) in [6, 6.07) is 9.82. The van der Waals surface area contributed by atoms with E-state index in [1.54, 1.807) is 24.1 Å². The van der Waals surface area contributed by atoms with Crippen molar-refractivity contribution in [2.75, 3.05) is 38.1 Å². The van der Waals surface area contributed by atoms with Crippen molar-refractivity contribution < 1.29 is 17.2 Å². The SMILES string of the molecule is CN=C(NCc1cccc(S(N)(=O)=O)c1)N1CCN(c2cc(F)ccc2F)CC1.I. The van der Waals surface area contributed by atoms with Gasteiger partial charge in [0.15, 0.2) is 5.96 Å². The Bertz CT molecular complexity index is 1010. The van der Waals surface area contributed by atoms with Crippen molar-refractivity contribution in [1.29, 1.82) is 0 Å². The second-order valence-electron chi connectivity index (χ2n) is 6.66. The molecule has 1 fully saturated rings. The van der Waals surface area contributed by atoms with E-state index in [-0.39, 0.29) is 34.6 Å². The molecular weight excluding hydrogens is 527 g/mol. The fourth-order valence-electron chi connectivity index (χ4n) is 3.23. The molecule has 2 aromatic rings. The summed E-state index contributed by atoms with van der Waals surface area (Å²) in [7, 11) is -2.11. The Morgan fingerprint density at radius 1 is 1.13 bits per heavy atom. The Balaban J connectivity index is 0.00000320. The zero-order valence-electron chi connectivity index (χ0n) is 16.4. The molecule has 0 radical (unpaired) electrons. The standard InChI is InChI=1S/C19H23F2N5O2S.HI/c1-23-19(24-13-14-3-2-4-16(11-14)29(22,27)28)26-9-7-25(8-10-26)18-12-15(20)5-6-17(18)21;/h2-6,11-12H,7-10,13H2,1H3,(H,23,24)(H2,22,27,28);1H. The van der Waals surface area contributed by atoms with Crippen LogP contribution in [0.4, 0.5) is 14.5 Å². The van der Waals surface area contributed by atoms with Gasteiger partial charge in [-0.05, 0) is 29.8 Å². The topological polar surface area (TPSA) is 91.0 Å². The molecule has 0 spiro atoms. The first-order valence-corrected chi connectivity index (χ1v) is 10.6. The number of anilines is 1. The maximum Gasteiger partial charge on any atom is 0.238 e. The minimum absolute atomic E-state index is 0. The van der Waals surface area contributed by atoms with Crippen LogP contribution in [-0.2, 0) is 16.6 Å². The number of halogens is 3. The average Bonchev–Trinajstić information content (AvgIpc) is 2.70. The Kier molecular flexibility index (Phi) is 8.38. The number of nitrogens with zero attached hydrogens (tertiary/aromatic N) is 3. The molecule has 0 aliphatic carbocycles. The van der Waals surface area contributed by atoms with E-state index in [0.717, 1.165) is 17.7 Å². The number of rotatable bonds is 4. The Labute approximate surface area is 192 Å². The largest absolute Gasteiger partial charge is 0.366 e. The summed E-state index contributed by atoms with van der Waals surface area (Å²) in [6.07, 6.45) is 0. The molecule has 0 unspecified atom stereocenters. The number of hydrogen-bond acceptors (Lipinski definition) is 4. The van der Waals surface area contributed by atoms with Crippen LogP contribution in [0, 0.1) is 11.6 Å². The van der Waals surface area contributed by atoms with Crippen LogP contribution >= 0.6 is 24.0 Å². The highest BCUT2D eigenvalue weighted by Crippen LogP contribution is 2.22. The number of nitrogens with two attached hydrogens (primary N) is 1. The van der Waals surface area contributed by atoms with Gasteiger partial charge in [0.05, 0.1) is 10.6 Å². The first kappa shape index (κ1) is 24.3. The van der Waals surface area contributed by atoms with Gasteiger partial charge in [-0.25, -0.2) is 22.3 Å². The lowest BCUT2D eigenvalue weighted by atomic mass is 10.2. The molecule has 164 valence electrons. The monoisotopic (exact) mass is 551 g/mol. The first-order chi connectivity index (χ1) is 13.8. The quantitative estimate of drug-likeness (QED) is 0.346. The van der Waals surface area contributed by atoms with Crippen molar-refractivity contribution in [2.24, 2.45) is 10.1 Å². The molecule has 1 heterocycles. The van der Waals surface area contributed by atoms with Crippen molar-refractivity contribution >= 4 is 45.6 Å². The molecule has 1 saturated heterocycles. The van der Waals surface area contributed by atoms with Gasteiger partial charge in [-0.15, -0.1) is 24.0 Å². The van der Waals surface area contributed by atoms with Crippen LogP contribution in [0.2, 0.25) is 0 Å². The van der Waals surface area contributed by atoms with E-state index < -0.39 is 21.7 Å². The van der Waals surface area contributed by atoms with Crippen LogP contribution in [0.25, 0.3) is 0 Å². The number of sulfonamides is 1. The van der Waals surface area contributed by atoms with Crippen LogP contribution < -0.4 is 15.4 Å². The minimum Gasteiger partial charge on any atom is -0.366 e. The van der Waals surface area contributed by atoms with Crippen molar-refractivity contribution in [3.05, 3.63) is 59.7 Å². The molecule has 1 aliphatic rings. The van der Waals surface area contributed by atoms with E-state index >= 15 is 0 Å². The Hall–Kier alpha value is -1.99. The van der Waals surface area contributed by atoms with Gasteiger partial charge in [0.25, 0.3) is 0 Å². The fraction of sp³-hybridized carbons (Fsp3) is 0.316. The van der Waals surface area contributed by atoms with Crippen LogP contribution in [0.5, 0.6) is 0 Å². The molecule has 1 aliphatic heterocycles. The number of aliphatic imine (C=N–C) groups is 1. The van der Waals surface area contributed by atoms with E-state index in [9.17, 15) is 17.2 Å². The molecule has 3 N–H and O–H groups in total. The van der Waals surface area contributed by atoms with Gasteiger partial charge in [-0.3, -0.25) is 4.99 Å². The molecule has 0 saturated carbocycles. The number of benzene rings is 2. The third kappa shape index (κ3) is 6.01. The maximum absolute atomic E-state index is 14.0. The summed E-state index contributed by atoms with van der Waals surface area (Å²) >= 11 is 0. The minimum atomic E-state index is -3.76. The summed E-state index contributed by atoms with van der Waals surface area (Å²) in [5.41, 5.74) is 1.01. The van der Waals surface area contributed by atoms with E-state index in [4.69, 9.17) is 5.14 Å². The van der Waals surface area contributed by atoms with Crippen molar-refractivity contribution in [1.82, 2.24) is 10.2 Å². The molecule has 11 heteroatoms. The van der Waals surface area contributed by atoms with E-state index in [1.165, 1.54) is 18.2 Å². The lowest BCUT2D eigenvalue weighted by Gasteiger charge is -2.37. The van der Waals surface area contributed by atoms with Gasteiger partial charge < -0.3 is 15.1 Å².